The number of furan rings is 1. The zero-order valence-electron chi connectivity index (χ0n) is 11.4. The summed E-state index contributed by atoms with van der Waals surface area (Å²) in [4.78, 5) is 0. The van der Waals surface area contributed by atoms with Crippen LogP contribution in [0, 0.1) is 6.92 Å². The first kappa shape index (κ1) is 12.2. The molecule has 3 nitrogen and oxygen atoms in total. The first-order chi connectivity index (χ1) is 8.67. The van der Waals surface area contributed by atoms with Gasteiger partial charge in [0.1, 0.15) is 11.5 Å². The maximum absolute atomic E-state index is 5.96. The van der Waals surface area contributed by atoms with Crippen LogP contribution in [0.3, 0.4) is 0 Å². The number of aryl methyl sites for hydroxylation is 1. The Morgan fingerprint density at radius 1 is 1.39 bits per heavy atom. The van der Waals surface area contributed by atoms with Gasteiger partial charge in [-0.2, -0.15) is 0 Å². The summed E-state index contributed by atoms with van der Waals surface area (Å²) in [5, 5.41) is 3.70. The Kier molecular flexibility index (Phi) is 3.20. The normalized spacial score (nSPS) is 28.0. The van der Waals surface area contributed by atoms with Gasteiger partial charge in [0.2, 0.25) is 0 Å². The molecule has 0 bridgehead atoms. The molecule has 3 rings (SSSR count). The second kappa shape index (κ2) is 4.71. The molecular formula is C15H23NO2. The standard InChI is InChI=1S/C15H23NO2/c1-11-4-5-14(18-11)12(2)16-13-6-9-17-15(10-13)7-3-8-15/h4-5,12-13,16H,3,6-10H2,1-2H3. The average molecular weight is 249 g/mol. The molecule has 1 aliphatic heterocycles. The van der Waals surface area contributed by atoms with Gasteiger partial charge in [-0.05, 0) is 58.1 Å². The first-order valence-electron chi connectivity index (χ1n) is 7.13. The molecular weight excluding hydrogens is 226 g/mol. The first-order valence-corrected chi connectivity index (χ1v) is 7.13. The lowest BCUT2D eigenvalue weighted by atomic mass is 9.74. The predicted molar refractivity (Wildman–Crippen MR) is 70.6 cm³/mol. The van der Waals surface area contributed by atoms with Crippen LogP contribution < -0.4 is 5.32 Å². The minimum atomic E-state index is 0.217. The van der Waals surface area contributed by atoms with Crippen LogP contribution in [-0.2, 0) is 4.74 Å². The van der Waals surface area contributed by atoms with Crippen molar-refractivity contribution in [3.05, 3.63) is 23.7 Å². The Balaban J connectivity index is 1.58. The molecule has 2 atom stereocenters. The summed E-state index contributed by atoms with van der Waals surface area (Å²) in [6.07, 6.45) is 6.11. The zero-order chi connectivity index (χ0) is 12.6. The zero-order valence-corrected chi connectivity index (χ0v) is 11.4. The summed E-state index contributed by atoms with van der Waals surface area (Å²) in [7, 11) is 0. The van der Waals surface area contributed by atoms with Crippen LogP contribution in [0.1, 0.15) is 56.6 Å². The fourth-order valence-electron chi connectivity index (χ4n) is 3.21. The van der Waals surface area contributed by atoms with Crippen LogP contribution in [-0.4, -0.2) is 18.2 Å². The summed E-state index contributed by atoms with van der Waals surface area (Å²) in [6.45, 7) is 5.08. The second-order valence-electron chi connectivity index (χ2n) is 5.91. The molecule has 18 heavy (non-hydrogen) atoms. The van der Waals surface area contributed by atoms with Gasteiger partial charge in [0.05, 0.1) is 11.6 Å². The molecule has 0 radical (unpaired) electrons. The van der Waals surface area contributed by atoms with Crippen molar-refractivity contribution in [1.29, 1.82) is 0 Å². The maximum atomic E-state index is 5.96. The molecule has 1 saturated carbocycles. The lowest BCUT2D eigenvalue weighted by molar-refractivity contribution is -0.136. The summed E-state index contributed by atoms with van der Waals surface area (Å²) in [6, 6.07) is 4.97. The van der Waals surface area contributed by atoms with Crippen molar-refractivity contribution in [2.45, 2.75) is 63.6 Å². The van der Waals surface area contributed by atoms with E-state index in [0.29, 0.717) is 12.1 Å². The predicted octanol–water partition coefficient (Wildman–Crippen LogP) is 3.34. The monoisotopic (exact) mass is 249 g/mol. The molecule has 0 amide bonds. The van der Waals surface area contributed by atoms with E-state index in [-0.39, 0.29) is 5.60 Å². The van der Waals surface area contributed by atoms with Crippen molar-refractivity contribution >= 4 is 0 Å². The molecule has 2 fully saturated rings. The van der Waals surface area contributed by atoms with E-state index in [1.54, 1.807) is 0 Å². The van der Waals surface area contributed by atoms with E-state index < -0.39 is 0 Å². The number of ether oxygens (including phenoxy) is 1. The van der Waals surface area contributed by atoms with Crippen molar-refractivity contribution in [3.8, 4) is 0 Å². The molecule has 2 heterocycles. The van der Waals surface area contributed by atoms with Crippen molar-refractivity contribution in [2.75, 3.05) is 6.61 Å². The van der Waals surface area contributed by atoms with E-state index in [1.165, 1.54) is 19.3 Å². The van der Waals surface area contributed by atoms with Gasteiger partial charge < -0.3 is 14.5 Å². The lowest BCUT2D eigenvalue weighted by Gasteiger charge is -2.47. The summed E-state index contributed by atoms with van der Waals surface area (Å²) in [5.41, 5.74) is 0.217. The molecule has 1 saturated heterocycles. The van der Waals surface area contributed by atoms with E-state index in [0.717, 1.165) is 31.0 Å². The van der Waals surface area contributed by atoms with Gasteiger partial charge in [0.15, 0.2) is 0 Å². The topological polar surface area (TPSA) is 34.4 Å². The number of rotatable bonds is 3. The highest BCUT2D eigenvalue weighted by atomic mass is 16.5. The molecule has 1 aromatic rings. The highest BCUT2D eigenvalue weighted by Gasteiger charge is 2.42. The van der Waals surface area contributed by atoms with Crippen LogP contribution in [0.2, 0.25) is 0 Å². The fraction of sp³-hybridized carbons (Fsp3) is 0.733. The quantitative estimate of drug-likeness (QED) is 0.892. The van der Waals surface area contributed by atoms with E-state index in [4.69, 9.17) is 9.15 Å². The second-order valence-corrected chi connectivity index (χ2v) is 5.91. The van der Waals surface area contributed by atoms with Gasteiger partial charge in [-0.15, -0.1) is 0 Å². The summed E-state index contributed by atoms with van der Waals surface area (Å²) >= 11 is 0. The van der Waals surface area contributed by atoms with Crippen molar-refractivity contribution in [3.63, 3.8) is 0 Å². The average Bonchev–Trinajstić information content (AvgIpc) is 2.74. The third-order valence-electron chi connectivity index (χ3n) is 4.43. The van der Waals surface area contributed by atoms with Crippen LogP contribution >= 0.6 is 0 Å². The molecule has 1 aliphatic carbocycles. The smallest absolute Gasteiger partial charge is 0.120 e. The molecule has 3 heteroatoms. The minimum Gasteiger partial charge on any atom is -0.465 e. The Hall–Kier alpha value is -0.800. The highest BCUT2D eigenvalue weighted by Crippen LogP contribution is 2.42. The Labute approximate surface area is 109 Å². The van der Waals surface area contributed by atoms with E-state index in [9.17, 15) is 0 Å². The number of hydrogen-bond acceptors (Lipinski definition) is 3. The van der Waals surface area contributed by atoms with Gasteiger partial charge in [0, 0.05) is 12.6 Å². The van der Waals surface area contributed by atoms with E-state index in [2.05, 4.69) is 18.3 Å². The molecule has 2 aliphatic rings. The molecule has 2 unspecified atom stereocenters. The molecule has 100 valence electrons. The van der Waals surface area contributed by atoms with Crippen molar-refractivity contribution in [2.24, 2.45) is 0 Å². The third kappa shape index (κ3) is 2.34. The third-order valence-corrected chi connectivity index (χ3v) is 4.43. The summed E-state index contributed by atoms with van der Waals surface area (Å²) < 4.78 is 11.6. The molecule has 1 aromatic heterocycles. The van der Waals surface area contributed by atoms with Gasteiger partial charge in [-0.1, -0.05) is 0 Å². The SMILES string of the molecule is Cc1ccc(C(C)NC2CCOC3(CCC3)C2)o1. The Bertz CT molecular complexity index is 408. The van der Waals surface area contributed by atoms with Crippen LogP contribution in [0.15, 0.2) is 16.5 Å². The lowest BCUT2D eigenvalue weighted by Crippen LogP contribution is -2.51. The Morgan fingerprint density at radius 2 is 2.22 bits per heavy atom. The van der Waals surface area contributed by atoms with E-state index in [1.807, 2.05) is 13.0 Å². The van der Waals surface area contributed by atoms with Gasteiger partial charge in [-0.3, -0.25) is 0 Å². The number of nitrogens with one attached hydrogen (secondary N) is 1. The van der Waals surface area contributed by atoms with Crippen molar-refractivity contribution < 1.29 is 9.15 Å². The van der Waals surface area contributed by atoms with Crippen LogP contribution in [0.25, 0.3) is 0 Å². The molecule has 1 N–H and O–H groups in total. The maximum Gasteiger partial charge on any atom is 0.120 e. The van der Waals surface area contributed by atoms with Crippen LogP contribution in [0.4, 0.5) is 0 Å². The minimum absolute atomic E-state index is 0.217. The van der Waals surface area contributed by atoms with Gasteiger partial charge >= 0.3 is 0 Å². The van der Waals surface area contributed by atoms with Crippen LogP contribution in [0.5, 0.6) is 0 Å². The molecule has 1 spiro atoms. The van der Waals surface area contributed by atoms with Gasteiger partial charge in [0.25, 0.3) is 0 Å². The van der Waals surface area contributed by atoms with Gasteiger partial charge in [-0.25, -0.2) is 0 Å². The van der Waals surface area contributed by atoms with E-state index >= 15 is 0 Å². The Morgan fingerprint density at radius 3 is 2.83 bits per heavy atom. The fourth-order valence-corrected chi connectivity index (χ4v) is 3.21. The van der Waals surface area contributed by atoms with Crippen molar-refractivity contribution in [1.82, 2.24) is 5.32 Å². The highest BCUT2D eigenvalue weighted by molar-refractivity contribution is 5.09. The molecule has 0 aromatic carbocycles. The largest absolute Gasteiger partial charge is 0.465 e. The number of hydrogen-bond donors (Lipinski definition) is 1. The summed E-state index contributed by atoms with van der Waals surface area (Å²) in [5.74, 6) is 2.03.